The zero-order valence-electron chi connectivity index (χ0n) is 11.5. The Kier molecular flexibility index (Phi) is 4.34. The first-order valence-corrected chi connectivity index (χ1v) is 6.46. The summed E-state index contributed by atoms with van der Waals surface area (Å²) in [5.41, 5.74) is 5.94. The summed E-state index contributed by atoms with van der Waals surface area (Å²) < 4.78 is 0. The Labute approximate surface area is 113 Å². The van der Waals surface area contributed by atoms with Crippen molar-refractivity contribution in [1.29, 1.82) is 0 Å². The maximum Gasteiger partial charge on any atom is 0.270 e. The van der Waals surface area contributed by atoms with Crippen molar-refractivity contribution in [2.45, 2.75) is 6.04 Å². The fraction of sp³-hybridized carbons (Fsp3) is 0.538. The average Bonchev–Trinajstić information content (AvgIpc) is 2.39. The molecule has 2 rings (SSSR count). The van der Waals surface area contributed by atoms with Crippen LogP contribution in [0.5, 0.6) is 0 Å². The van der Waals surface area contributed by atoms with Crippen LogP contribution in [0.4, 0.5) is 5.82 Å². The van der Waals surface area contributed by atoms with Gasteiger partial charge in [0.2, 0.25) is 0 Å². The molecule has 0 unspecified atom stereocenters. The lowest BCUT2D eigenvalue weighted by Crippen LogP contribution is -2.54. The molecule has 0 aromatic carbocycles. The van der Waals surface area contributed by atoms with Crippen molar-refractivity contribution >= 4 is 11.7 Å². The molecule has 1 aliphatic heterocycles. The second kappa shape index (κ2) is 5.99. The number of likely N-dealkylation sites (N-methyl/N-ethyl adjacent to an activating group) is 2. The van der Waals surface area contributed by atoms with Crippen molar-refractivity contribution in [3.63, 3.8) is 0 Å². The minimum absolute atomic E-state index is 0.172. The van der Waals surface area contributed by atoms with E-state index in [0.29, 0.717) is 24.1 Å². The third-order valence-electron chi connectivity index (χ3n) is 3.48. The molecule has 0 aliphatic carbocycles. The van der Waals surface area contributed by atoms with Crippen LogP contribution in [-0.4, -0.2) is 67.0 Å². The number of hydrogen-bond acceptors (Lipinski definition) is 5. The maximum absolute atomic E-state index is 12.0. The molecule has 6 nitrogen and oxygen atoms in total. The number of carbonyl (C=O) groups is 1. The molecular weight excluding hydrogens is 242 g/mol. The summed E-state index contributed by atoms with van der Waals surface area (Å²) in [6, 6.07) is 5.41. The van der Waals surface area contributed by atoms with E-state index in [-0.39, 0.29) is 5.91 Å². The van der Waals surface area contributed by atoms with E-state index in [1.165, 1.54) is 0 Å². The van der Waals surface area contributed by atoms with Gasteiger partial charge in [-0.05, 0) is 26.2 Å². The zero-order chi connectivity index (χ0) is 13.8. The van der Waals surface area contributed by atoms with Gasteiger partial charge in [0.15, 0.2) is 0 Å². The molecule has 1 aromatic heterocycles. The molecule has 1 aromatic rings. The summed E-state index contributed by atoms with van der Waals surface area (Å²) in [6.07, 6.45) is 0. The summed E-state index contributed by atoms with van der Waals surface area (Å²) >= 11 is 0. The molecular formula is C13H21N5O. The van der Waals surface area contributed by atoms with Crippen molar-refractivity contribution in [2.24, 2.45) is 0 Å². The van der Waals surface area contributed by atoms with E-state index < -0.39 is 0 Å². The fourth-order valence-electron chi connectivity index (χ4n) is 2.20. The van der Waals surface area contributed by atoms with Gasteiger partial charge in [0.05, 0.1) is 0 Å². The van der Waals surface area contributed by atoms with Crippen molar-refractivity contribution in [1.82, 2.24) is 20.1 Å². The smallest absolute Gasteiger partial charge is 0.270 e. The molecule has 0 radical (unpaired) electrons. The highest BCUT2D eigenvalue weighted by atomic mass is 16.1. The molecule has 1 fully saturated rings. The van der Waals surface area contributed by atoms with Gasteiger partial charge >= 0.3 is 0 Å². The van der Waals surface area contributed by atoms with E-state index >= 15 is 0 Å². The van der Waals surface area contributed by atoms with Gasteiger partial charge in [-0.1, -0.05) is 6.07 Å². The highest BCUT2D eigenvalue weighted by Crippen LogP contribution is 2.05. The second-order valence-electron chi connectivity index (χ2n) is 5.05. The number of amides is 1. The lowest BCUT2D eigenvalue weighted by molar-refractivity contribution is 0.0877. The van der Waals surface area contributed by atoms with Crippen molar-refractivity contribution in [2.75, 3.05) is 46.0 Å². The number of nitrogen functional groups attached to an aromatic ring is 1. The number of nitrogens with zero attached hydrogens (tertiary/aromatic N) is 3. The molecule has 0 spiro atoms. The van der Waals surface area contributed by atoms with E-state index in [1.54, 1.807) is 18.2 Å². The summed E-state index contributed by atoms with van der Waals surface area (Å²) in [5, 5.41) is 2.92. The molecule has 0 bridgehead atoms. The normalized spacial score (nSPS) is 21.3. The van der Waals surface area contributed by atoms with E-state index in [1.807, 2.05) is 0 Å². The van der Waals surface area contributed by atoms with E-state index in [2.05, 4.69) is 34.2 Å². The van der Waals surface area contributed by atoms with Gasteiger partial charge in [-0.2, -0.15) is 0 Å². The molecule has 1 amide bonds. The highest BCUT2D eigenvalue weighted by Gasteiger charge is 2.22. The van der Waals surface area contributed by atoms with E-state index in [9.17, 15) is 4.79 Å². The van der Waals surface area contributed by atoms with E-state index in [4.69, 9.17) is 5.73 Å². The second-order valence-corrected chi connectivity index (χ2v) is 5.05. The molecule has 6 heteroatoms. The monoisotopic (exact) mass is 263 g/mol. The topological polar surface area (TPSA) is 74.5 Å². The molecule has 19 heavy (non-hydrogen) atoms. The first kappa shape index (κ1) is 13.8. The van der Waals surface area contributed by atoms with E-state index in [0.717, 1.165) is 19.6 Å². The molecule has 3 N–H and O–H groups in total. The lowest BCUT2D eigenvalue weighted by atomic mass is 10.2. The number of rotatable bonds is 3. The SMILES string of the molecule is CN1CCN(C)[C@@H](CNC(=O)c2cccc(N)n2)C1. The molecule has 2 heterocycles. The third-order valence-corrected chi connectivity index (χ3v) is 3.48. The molecule has 104 valence electrons. The van der Waals surface area contributed by atoms with Crippen molar-refractivity contribution in [3.8, 4) is 0 Å². The highest BCUT2D eigenvalue weighted by molar-refractivity contribution is 5.92. The number of pyridine rings is 1. The largest absolute Gasteiger partial charge is 0.384 e. The van der Waals surface area contributed by atoms with Gasteiger partial charge in [0.1, 0.15) is 11.5 Å². The van der Waals surface area contributed by atoms with Gasteiger partial charge in [-0.3, -0.25) is 9.69 Å². The summed E-state index contributed by atoms with van der Waals surface area (Å²) in [7, 11) is 4.18. The minimum Gasteiger partial charge on any atom is -0.384 e. The Morgan fingerprint density at radius 2 is 2.26 bits per heavy atom. The lowest BCUT2D eigenvalue weighted by Gasteiger charge is -2.37. The van der Waals surface area contributed by atoms with Crippen LogP contribution >= 0.6 is 0 Å². The number of aromatic nitrogens is 1. The first-order chi connectivity index (χ1) is 9.06. The van der Waals surface area contributed by atoms with Crippen LogP contribution in [0.2, 0.25) is 0 Å². The van der Waals surface area contributed by atoms with Gasteiger partial charge in [-0.25, -0.2) is 4.98 Å². The average molecular weight is 263 g/mol. The van der Waals surface area contributed by atoms with Gasteiger partial charge in [0.25, 0.3) is 5.91 Å². The summed E-state index contributed by atoms with van der Waals surface area (Å²) in [5.74, 6) is 0.191. The Balaban J connectivity index is 1.89. The van der Waals surface area contributed by atoms with Crippen LogP contribution in [-0.2, 0) is 0 Å². The van der Waals surface area contributed by atoms with Crippen molar-refractivity contribution in [3.05, 3.63) is 23.9 Å². The minimum atomic E-state index is -0.172. The quantitative estimate of drug-likeness (QED) is 0.779. The number of carbonyl (C=O) groups excluding carboxylic acids is 1. The maximum atomic E-state index is 12.0. The third kappa shape index (κ3) is 3.65. The van der Waals surface area contributed by atoms with Crippen LogP contribution in [0.3, 0.4) is 0 Å². The predicted octanol–water partition coefficient (Wildman–Crippen LogP) is -0.361. The summed E-state index contributed by atoms with van der Waals surface area (Å²) in [4.78, 5) is 20.5. The Morgan fingerprint density at radius 1 is 1.47 bits per heavy atom. The number of anilines is 1. The van der Waals surface area contributed by atoms with Crippen LogP contribution in [0.25, 0.3) is 0 Å². The predicted molar refractivity (Wildman–Crippen MR) is 74.9 cm³/mol. The molecule has 1 aliphatic rings. The standard InChI is InChI=1S/C13H21N5O/c1-17-6-7-18(2)10(9-17)8-15-13(19)11-4-3-5-12(14)16-11/h3-5,10H,6-9H2,1-2H3,(H2,14,16)(H,15,19)/t10-/m0/s1. The number of hydrogen-bond donors (Lipinski definition) is 2. The Bertz CT molecular complexity index is 450. The molecule has 1 saturated heterocycles. The van der Waals surface area contributed by atoms with Crippen LogP contribution in [0.1, 0.15) is 10.5 Å². The first-order valence-electron chi connectivity index (χ1n) is 6.46. The Hall–Kier alpha value is -1.66. The van der Waals surface area contributed by atoms with Crippen LogP contribution in [0, 0.1) is 0 Å². The zero-order valence-corrected chi connectivity index (χ0v) is 11.5. The molecule has 1 atom stereocenters. The van der Waals surface area contributed by atoms with Gasteiger partial charge in [0, 0.05) is 32.2 Å². The fourth-order valence-corrected chi connectivity index (χ4v) is 2.20. The van der Waals surface area contributed by atoms with Crippen molar-refractivity contribution < 1.29 is 4.79 Å². The van der Waals surface area contributed by atoms with Gasteiger partial charge in [-0.15, -0.1) is 0 Å². The number of piperazine rings is 1. The van der Waals surface area contributed by atoms with Crippen LogP contribution in [0.15, 0.2) is 18.2 Å². The number of nitrogens with one attached hydrogen (secondary N) is 1. The summed E-state index contributed by atoms with van der Waals surface area (Å²) in [6.45, 7) is 3.67. The van der Waals surface area contributed by atoms with Gasteiger partial charge < -0.3 is 16.0 Å². The van der Waals surface area contributed by atoms with Crippen LogP contribution < -0.4 is 11.1 Å². The number of nitrogens with two attached hydrogens (primary N) is 1. The Morgan fingerprint density at radius 3 is 3.00 bits per heavy atom. The molecule has 0 saturated carbocycles.